The minimum Gasteiger partial charge on any atom is -0.327 e. The fourth-order valence-corrected chi connectivity index (χ4v) is 2.17. The summed E-state index contributed by atoms with van der Waals surface area (Å²) in [6.45, 7) is 1.81. The molecule has 5 heteroatoms. The van der Waals surface area contributed by atoms with Crippen molar-refractivity contribution in [3.8, 4) is 0 Å². The molecule has 1 unspecified atom stereocenters. The van der Waals surface area contributed by atoms with E-state index in [2.05, 4.69) is 0 Å². The molecule has 0 saturated heterocycles. The van der Waals surface area contributed by atoms with E-state index in [4.69, 9.17) is 5.73 Å². The molecular formula is C11H13FN2O2. The third kappa shape index (κ3) is 1.57. The maximum Gasteiger partial charge on any atom is 0.273 e. The molecule has 0 amide bonds. The Labute approximate surface area is 92.4 Å². The zero-order valence-corrected chi connectivity index (χ0v) is 8.94. The summed E-state index contributed by atoms with van der Waals surface area (Å²) in [5.74, 6) is -0.451. The van der Waals surface area contributed by atoms with Crippen molar-refractivity contribution in [2.45, 2.75) is 31.2 Å². The van der Waals surface area contributed by atoms with Gasteiger partial charge in [-0.3, -0.25) is 10.1 Å². The van der Waals surface area contributed by atoms with E-state index >= 15 is 0 Å². The Bertz CT molecular complexity index is 442. The zero-order chi connectivity index (χ0) is 11.9. The van der Waals surface area contributed by atoms with Crippen LogP contribution in [0.5, 0.6) is 0 Å². The Morgan fingerprint density at radius 2 is 2.19 bits per heavy atom. The Kier molecular flexibility index (Phi) is 2.42. The molecule has 0 heterocycles. The van der Waals surface area contributed by atoms with Crippen molar-refractivity contribution in [2.24, 2.45) is 5.73 Å². The molecule has 1 atom stereocenters. The van der Waals surface area contributed by atoms with Gasteiger partial charge in [-0.05, 0) is 31.9 Å². The third-order valence-corrected chi connectivity index (χ3v) is 3.35. The van der Waals surface area contributed by atoms with E-state index in [1.807, 2.05) is 6.92 Å². The van der Waals surface area contributed by atoms with Gasteiger partial charge in [0.15, 0.2) is 0 Å². The van der Waals surface area contributed by atoms with Crippen LogP contribution in [0.2, 0.25) is 0 Å². The van der Waals surface area contributed by atoms with Gasteiger partial charge in [-0.2, -0.15) is 0 Å². The molecule has 4 nitrogen and oxygen atoms in total. The number of hydrogen-bond donors (Lipinski definition) is 1. The summed E-state index contributed by atoms with van der Waals surface area (Å²) in [4.78, 5) is 10.4. The lowest BCUT2D eigenvalue weighted by Crippen LogP contribution is -2.32. The van der Waals surface area contributed by atoms with Crippen LogP contribution in [0, 0.1) is 15.9 Å². The van der Waals surface area contributed by atoms with Gasteiger partial charge in [0.1, 0.15) is 5.82 Å². The lowest BCUT2D eigenvalue weighted by atomic mass is 9.88. The lowest BCUT2D eigenvalue weighted by molar-refractivity contribution is -0.385. The van der Waals surface area contributed by atoms with Crippen molar-refractivity contribution in [3.05, 3.63) is 39.7 Å². The summed E-state index contributed by atoms with van der Waals surface area (Å²) in [6, 6.07) is 3.37. The summed E-state index contributed by atoms with van der Waals surface area (Å²) in [5, 5.41) is 10.9. The van der Waals surface area contributed by atoms with Crippen molar-refractivity contribution < 1.29 is 9.31 Å². The van der Waals surface area contributed by atoms with Crippen molar-refractivity contribution in [1.82, 2.24) is 0 Å². The van der Waals surface area contributed by atoms with Crippen LogP contribution in [0.15, 0.2) is 18.2 Å². The van der Waals surface area contributed by atoms with Crippen molar-refractivity contribution in [2.75, 3.05) is 0 Å². The van der Waals surface area contributed by atoms with Gasteiger partial charge in [-0.15, -0.1) is 0 Å². The van der Waals surface area contributed by atoms with Crippen molar-refractivity contribution >= 4 is 5.69 Å². The van der Waals surface area contributed by atoms with Gasteiger partial charge >= 0.3 is 0 Å². The summed E-state index contributed by atoms with van der Waals surface area (Å²) in [5.41, 5.74) is 5.85. The van der Waals surface area contributed by atoms with Gasteiger partial charge in [0, 0.05) is 23.1 Å². The average molecular weight is 224 g/mol. The number of nitrogens with two attached hydrogens (primary N) is 1. The standard InChI is InChI=1S/C11H13FN2O2/c1-7(13)11(4-5-11)9-6-8(12)2-3-10(9)14(15)16/h2-3,6-7H,4-5,13H2,1H3. The second kappa shape index (κ2) is 3.52. The minimum absolute atomic E-state index is 0.0313. The highest BCUT2D eigenvalue weighted by molar-refractivity contribution is 5.49. The number of hydrogen-bond acceptors (Lipinski definition) is 3. The molecular weight excluding hydrogens is 211 g/mol. The Balaban J connectivity index is 2.54. The molecule has 1 saturated carbocycles. The molecule has 1 fully saturated rings. The molecule has 0 radical (unpaired) electrons. The smallest absolute Gasteiger partial charge is 0.273 e. The molecule has 0 aliphatic heterocycles. The van der Waals surface area contributed by atoms with E-state index in [9.17, 15) is 14.5 Å². The Hall–Kier alpha value is -1.49. The first-order valence-corrected chi connectivity index (χ1v) is 5.17. The van der Waals surface area contributed by atoms with Crippen LogP contribution in [0.4, 0.5) is 10.1 Å². The van der Waals surface area contributed by atoms with Gasteiger partial charge in [-0.25, -0.2) is 4.39 Å². The summed E-state index contributed by atoms with van der Waals surface area (Å²) < 4.78 is 13.2. The summed E-state index contributed by atoms with van der Waals surface area (Å²) >= 11 is 0. The predicted molar refractivity (Wildman–Crippen MR) is 57.6 cm³/mol. The fourth-order valence-electron chi connectivity index (χ4n) is 2.17. The summed E-state index contributed by atoms with van der Waals surface area (Å²) in [7, 11) is 0. The van der Waals surface area contributed by atoms with Gasteiger partial charge < -0.3 is 5.73 Å². The highest BCUT2D eigenvalue weighted by Crippen LogP contribution is 2.53. The highest BCUT2D eigenvalue weighted by Gasteiger charge is 2.50. The molecule has 2 rings (SSSR count). The zero-order valence-electron chi connectivity index (χ0n) is 8.94. The molecule has 1 aromatic carbocycles. The number of rotatable bonds is 3. The summed E-state index contributed by atoms with van der Waals surface area (Å²) in [6.07, 6.45) is 1.57. The van der Waals surface area contributed by atoms with Crippen LogP contribution in [0.1, 0.15) is 25.3 Å². The normalized spacial score (nSPS) is 19.2. The van der Waals surface area contributed by atoms with E-state index in [1.54, 1.807) is 0 Å². The van der Waals surface area contributed by atoms with E-state index in [0.717, 1.165) is 18.9 Å². The quantitative estimate of drug-likeness (QED) is 0.631. The highest BCUT2D eigenvalue weighted by atomic mass is 19.1. The van der Waals surface area contributed by atoms with Gasteiger partial charge in [0.05, 0.1) is 4.92 Å². The first kappa shape index (κ1) is 11.0. The van der Waals surface area contributed by atoms with E-state index in [0.29, 0.717) is 5.56 Å². The number of halogens is 1. The minimum atomic E-state index is -0.475. The average Bonchev–Trinajstić information content (AvgIpc) is 2.97. The van der Waals surface area contributed by atoms with Crippen LogP contribution in [-0.4, -0.2) is 11.0 Å². The van der Waals surface area contributed by atoms with Crippen LogP contribution >= 0.6 is 0 Å². The number of nitro benzene ring substituents is 1. The first-order valence-electron chi connectivity index (χ1n) is 5.17. The van der Waals surface area contributed by atoms with Gasteiger partial charge in [0.2, 0.25) is 0 Å². The third-order valence-electron chi connectivity index (χ3n) is 3.35. The topological polar surface area (TPSA) is 69.2 Å². The molecule has 16 heavy (non-hydrogen) atoms. The van der Waals surface area contributed by atoms with Crippen molar-refractivity contribution in [1.29, 1.82) is 0 Å². The fraction of sp³-hybridized carbons (Fsp3) is 0.455. The molecule has 1 aromatic rings. The van der Waals surface area contributed by atoms with E-state index in [1.165, 1.54) is 12.1 Å². The molecule has 86 valence electrons. The number of nitrogens with zero attached hydrogens (tertiary/aromatic N) is 1. The van der Waals surface area contributed by atoms with Crippen LogP contribution in [-0.2, 0) is 5.41 Å². The Morgan fingerprint density at radius 1 is 1.56 bits per heavy atom. The largest absolute Gasteiger partial charge is 0.327 e. The lowest BCUT2D eigenvalue weighted by Gasteiger charge is -2.19. The SMILES string of the molecule is CC(N)C1(c2cc(F)ccc2[N+](=O)[O-])CC1. The monoisotopic (exact) mass is 224 g/mol. The van der Waals surface area contributed by atoms with Crippen LogP contribution in [0.25, 0.3) is 0 Å². The number of benzene rings is 1. The first-order chi connectivity index (χ1) is 7.47. The molecule has 1 aliphatic carbocycles. The van der Waals surface area contributed by atoms with Crippen molar-refractivity contribution in [3.63, 3.8) is 0 Å². The van der Waals surface area contributed by atoms with E-state index in [-0.39, 0.29) is 11.7 Å². The van der Waals surface area contributed by atoms with Crippen LogP contribution < -0.4 is 5.73 Å². The van der Waals surface area contributed by atoms with E-state index < -0.39 is 16.2 Å². The van der Waals surface area contributed by atoms with Gasteiger partial charge in [0.25, 0.3) is 5.69 Å². The molecule has 0 bridgehead atoms. The second-order valence-corrected chi connectivity index (χ2v) is 4.36. The molecule has 0 aromatic heterocycles. The molecule has 0 spiro atoms. The molecule has 2 N–H and O–H groups in total. The van der Waals surface area contributed by atoms with Crippen LogP contribution in [0.3, 0.4) is 0 Å². The predicted octanol–water partition coefficient (Wildman–Crippen LogP) is 2.11. The maximum absolute atomic E-state index is 13.2. The maximum atomic E-state index is 13.2. The second-order valence-electron chi connectivity index (χ2n) is 4.36. The number of nitro groups is 1. The van der Waals surface area contributed by atoms with Gasteiger partial charge in [-0.1, -0.05) is 0 Å². The Morgan fingerprint density at radius 3 is 2.62 bits per heavy atom. The molecule has 1 aliphatic rings.